The molecule has 1 N–H and O–H groups in total. The number of hydrogen-bond donors (Lipinski definition) is 1. The zero-order valence-corrected chi connectivity index (χ0v) is 19.3. The molecule has 0 unspecified atom stereocenters. The third kappa shape index (κ3) is 4.84. The normalized spacial score (nSPS) is 17.7. The van der Waals surface area contributed by atoms with Crippen molar-refractivity contribution in [1.29, 1.82) is 0 Å². The van der Waals surface area contributed by atoms with E-state index in [1.807, 2.05) is 23.6 Å². The molecule has 0 spiro atoms. The summed E-state index contributed by atoms with van der Waals surface area (Å²) in [5, 5.41) is 14.1. The molecular formula is C24H31N3O3S. The number of aliphatic hydroxyl groups is 1. The van der Waals surface area contributed by atoms with E-state index in [4.69, 9.17) is 4.42 Å². The van der Waals surface area contributed by atoms with Gasteiger partial charge in [-0.3, -0.25) is 4.79 Å². The highest BCUT2D eigenvalue weighted by Crippen LogP contribution is 2.35. The Kier molecular flexibility index (Phi) is 6.46. The van der Waals surface area contributed by atoms with Gasteiger partial charge >= 0.3 is 0 Å². The first-order chi connectivity index (χ1) is 14.9. The number of fused-ring (bicyclic) bond motifs is 1. The van der Waals surface area contributed by atoms with E-state index >= 15 is 0 Å². The fourth-order valence-electron chi connectivity index (χ4n) is 4.22. The number of rotatable bonds is 7. The van der Waals surface area contributed by atoms with Crippen LogP contribution in [-0.2, 0) is 12.1 Å². The Morgan fingerprint density at radius 1 is 1.35 bits per heavy atom. The lowest BCUT2D eigenvalue weighted by Crippen LogP contribution is -2.43. The molecule has 0 aliphatic carbocycles. The van der Waals surface area contributed by atoms with Crippen molar-refractivity contribution in [1.82, 2.24) is 14.8 Å². The average Bonchev–Trinajstić information content (AvgIpc) is 3.43. The second kappa shape index (κ2) is 9.10. The van der Waals surface area contributed by atoms with Gasteiger partial charge in [-0.25, -0.2) is 4.98 Å². The van der Waals surface area contributed by atoms with E-state index in [0.29, 0.717) is 23.8 Å². The van der Waals surface area contributed by atoms with Crippen molar-refractivity contribution < 1.29 is 14.3 Å². The molecule has 1 saturated heterocycles. The summed E-state index contributed by atoms with van der Waals surface area (Å²) in [5.74, 6) is 0.807. The lowest BCUT2D eigenvalue weighted by Gasteiger charge is -2.39. The number of nitrogens with zero attached hydrogens (tertiary/aromatic N) is 3. The van der Waals surface area contributed by atoms with Gasteiger partial charge in [0.1, 0.15) is 5.58 Å². The van der Waals surface area contributed by atoms with Crippen molar-refractivity contribution >= 4 is 28.2 Å². The molecule has 0 radical (unpaired) electrons. The van der Waals surface area contributed by atoms with Gasteiger partial charge < -0.3 is 19.3 Å². The predicted octanol–water partition coefficient (Wildman–Crippen LogP) is 4.49. The first kappa shape index (κ1) is 22.0. The second-order valence-electron chi connectivity index (χ2n) is 8.85. The number of carbonyl (C=O) groups excluding carboxylic acids is 1. The van der Waals surface area contributed by atoms with Crippen LogP contribution in [0.15, 0.2) is 39.6 Å². The third-order valence-corrected chi connectivity index (χ3v) is 7.08. The number of benzene rings is 1. The van der Waals surface area contributed by atoms with Gasteiger partial charge in [0.2, 0.25) is 0 Å². The Morgan fingerprint density at radius 2 is 2.13 bits per heavy atom. The van der Waals surface area contributed by atoms with Crippen molar-refractivity contribution in [3.05, 3.63) is 52.2 Å². The van der Waals surface area contributed by atoms with E-state index in [2.05, 4.69) is 23.7 Å². The molecule has 1 fully saturated rings. The number of carbonyl (C=O) groups is 1. The van der Waals surface area contributed by atoms with Crippen molar-refractivity contribution in [3.63, 3.8) is 0 Å². The number of furan rings is 1. The molecule has 0 saturated carbocycles. The number of thiazole rings is 1. The van der Waals surface area contributed by atoms with E-state index in [-0.39, 0.29) is 5.91 Å². The van der Waals surface area contributed by atoms with Crippen LogP contribution in [0.5, 0.6) is 0 Å². The molecule has 1 amide bonds. The highest BCUT2D eigenvalue weighted by Gasteiger charge is 2.34. The van der Waals surface area contributed by atoms with Crippen LogP contribution in [-0.4, -0.2) is 52.5 Å². The fraction of sp³-hybridized carbons (Fsp3) is 0.500. The molecule has 3 aromatic rings. The average molecular weight is 442 g/mol. The molecule has 1 aliphatic heterocycles. The zero-order chi connectivity index (χ0) is 22.0. The summed E-state index contributed by atoms with van der Waals surface area (Å²) in [7, 11) is 1.75. The summed E-state index contributed by atoms with van der Waals surface area (Å²) in [5.41, 5.74) is 3.35. The van der Waals surface area contributed by atoms with Crippen LogP contribution in [0.1, 0.15) is 54.9 Å². The Labute approximate surface area is 187 Å². The first-order valence-electron chi connectivity index (χ1n) is 11.0. The highest BCUT2D eigenvalue weighted by molar-refractivity contribution is 7.07. The van der Waals surface area contributed by atoms with E-state index < -0.39 is 5.60 Å². The molecule has 166 valence electrons. The van der Waals surface area contributed by atoms with Gasteiger partial charge in [-0.15, -0.1) is 11.3 Å². The summed E-state index contributed by atoms with van der Waals surface area (Å²) in [6.45, 7) is 7.83. The van der Waals surface area contributed by atoms with Crippen LogP contribution in [0.3, 0.4) is 0 Å². The SMILES string of the molecule is CC[C@H](C)CN1CCC(O)(c2ccc3oc(C(=O)N(C)Cc4cscn4)cc3c2)CC1. The Bertz CT molecular complexity index is 1020. The monoisotopic (exact) mass is 441 g/mol. The topological polar surface area (TPSA) is 69.8 Å². The maximum Gasteiger partial charge on any atom is 0.289 e. The number of amides is 1. The smallest absolute Gasteiger partial charge is 0.289 e. The first-order valence-corrected chi connectivity index (χ1v) is 11.9. The molecule has 6 nitrogen and oxygen atoms in total. The number of aromatic nitrogens is 1. The summed E-state index contributed by atoms with van der Waals surface area (Å²) in [4.78, 5) is 21.1. The fourth-order valence-corrected chi connectivity index (χ4v) is 4.77. The molecule has 1 aliphatic rings. The molecule has 4 rings (SSSR count). The summed E-state index contributed by atoms with van der Waals surface area (Å²) < 4.78 is 5.82. The minimum atomic E-state index is -0.830. The Balaban J connectivity index is 1.47. The van der Waals surface area contributed by atoms with Crippen molar-refractivity contribution in [2.45, 2.75) is 45.3 Å². The zero-order valence-electron chi connectivity index (χ0n) is 18.5. The van der Waals surface area contributed by atoms with Gasteiger partial charge in [0, 0.05) is 37.4 Å². The summed E-state index contributed by atoms with van der Waals surface area (Å²) in [6, 6.07) is 7.55. The van der Waals surface area contributed by atoms with E-state index in [1.165, 1.54) is 17.8 Å². The molecule has 31 heavy (non-hydrogen) atoms. The van der Waals surface area contributed by atoms with Crippen molar-refractivity contribution in [2.24, 2.45) is 5.92 Å². The highest BCUT2D eigenvalue weighted by atomic mass is 32.1. The van der Waals surface area contributed by atoms with Gasteiger partial charge in [-0.2, -0.15) is 0 Å². The van der Waals surface area contributed by atoms with Gasteiger partial charge in [0.05, 0.1) is 23.4 Å². The van der Waals surface area contributed by atoms with Crippen molar-refractivity contribution in [2.75, 3.05) is 26.7 Å². The lowest BCUT2D eigenvalue weighted by molar-refractivity contribution is -0.0283. The molecule has 1 aromatic carbocycles. The van der Waals surface area contributed by atoms with E-state index in [1.54, 1.807) is 23.5 Å². The summed E-state index contributed by atoms with van der Waals surface area (Å²) >= 11 is 1.51. The minimum absolute atomic E-state index is 0.178. The van der Waals surface area contributed by atoms with Gasteiger partial charge in [0.15, 0.2) is 5.76 Å². The quantitative estimate of drug-likeness (QED) is 0.585. The van der Waals surface area contributed by atoms with Gasteiger partial charge in [-0.05, 0) is 42.5 Å². The van der Waals surface area contributed by atoms with Gasteiger partial charge in [-0.1, -0.05) is 26.3 Å². The maximum atomic E-state index is 12.8. The number of piperidine rings is 1. The molecule has 0 bridgehead atoms. The second-order valence-corrected chi connectivity index (χ2v) is 9.57. The molecule has 2 aromatic heterocycles. The lowest BCUT2D eigenvalue weighted by atomic mass is 9.84. The van der Waals surface area contributed by atoms with E-state index in [0.717, 1.165) is 49.1 Å². The van der Waals surface area contributed by atoms with Gasteiger partial charge in [0.25, 0.3) is 5.91 Å². The van der Waals surface area contributed by atoms with E-state index in [9.17, 15) is 9.90 Å². The van der Waals surface area contributed by atoms with Crippen LogP contribution in [0.4, 0.5) is 0 Å². The van der Waals surface area contributed by atoms with Crippen LogP contribution >= 0.6 is 11.3 Å². The van der Waals surface area contributed by atoms with Crippen LogP contribution in [0, 0.1) is 5.92 Å². The standard InChI is InChI=1S/C24H31N3O3S/c1-4-17(2)13-27-9-7-24(29,8-10-27)19-5-6-21-18(11-19)12-22(30-21)23(28)26(3)14-20-15-31-16-25-20/h5-6,11-12,15-17,29H,4,7-10,13-14H2,1-3H3/t17-/m0/s1. The predicted molar refractivity (Wildman–Crippen MR) is 123 cm³/mol. The molecule has 7 heteroatoms. The minimum Gasteiger partial charge on any atom is -0.451 e. The maximum absolute atomic E-state index is 12.8. The van der Waals surface area contributed by atoms with Crippen LogP contribution in [0.2, 0.25) is 0 Å². The number of likely N-dealkylation sites (tertiary alicyclic amines) is 1. The van der Waals surface area contributed by atoms with Crippen molar-refractivity contribution in [3.8, 4) is 0 Å². The molecular weight excluding hydrogens is 410 g/mol. The largest absolute Gasteiger partial charge is 0.451 e. The third-order valence-electron chi connectivity index (χ3n) is 6.44. The summed E-state index contributed by atoms with van der Waals surface area (Å²) in [6.07, 6.45) is 2.61. The molecule has 3 heterocycles. The van der Waals surface area contributed by atoms with Crippen LogP contribution in [0.25, 0.3) is 11.0 Å². The molecule has 1 atom stereocenters. The Hall–Kier alpha value is -2.22. The number of hydrogen-bond acceptors (Lipinski definition) is 6. The van der Waals surface area contributed by atoms with Crippen LogP contribution < -0.4 is 0 Å². The Morgan fingerprint density at radius 3 is 2.81 bits per heavy atom.